The van der Waals surface area contributed by atoms with E-state index >= 15 is 0 Å². The van der Waals surface area contributed by atoms with Crippen molar-refractivity contribution in [3.05, 3.63) is 77.5 Å². The molecule has 1 unspecified atom stereocenters. The number of anilines is 1. The van der Waals surface area contributed by atoms with Crippen molar-refractivity contribution in [1.29, 1.82) is 0 Å². The second kappa shape index (κ2) is 9.99. The van der Waals surface area contributed by atoms with E-state index in [-0.39, 0.29) is 28.6 Å². The van der Waals surface area contributed by atoms with Gasteiger partial charge in [-0.05, 0) is 62.1 Å². The molecule has 0 bridgehead atoms. The summed E-state index contributed by atoms with van der Waals surface area (Å²) in [5, 5.41) is -0.323. The predicted molar refractivity (Wildman–Crippen MR) is 137 cm³/mol. The van der Waals surface area contributed by atoms with Crippen LogP contribution in [-0.4, -0.2) is 36.4 Å². The van der Waals surface area contributed by atoms with Crippen molar-refractivity contribution in [2.75, 3.05) is 11.4 Å². The molecule has 0 radical (unpaired) electrons. The highest BCUT2D eigenvalue weighted by Crippen LogP contribution is 2.38. The van der Waals surface area contributed by atoms with E-state index in [9.17, 15) is 13.2 Å². The number of hydrogen-bond donors (Lipinski definition) is 1. The Labute approximate surface area is 211 Å². The van der Waals surface area contributed by atoms with E-state index < -0.39 is 15.9 Å². The highest BCUT2D eigenvalue weighted by molar-refractivity contribution is 7.90. The van der Waals surface area contributed by atoms with Gasteiger partial charge in [-0.2, -0.15) is 13.4 Å². The number of terminal acetylenes is 1. The Morgan fingerprint density at radius 1 is 1.19 bits per heavy atom. The molecule has 0 aliphatic carbocycles. The maximum absolute atomic E-state index is 13.1. The lowest BCUT2D eigenvalue weighted by Gasteiger charge is -2.36. The Morgan fingerprint density at radius 3 is 2.61 bits per heavy atom. The lowest BCUT2D eigenvalue weighted by molar-refractivity contribution is 0.0981. The number of pyridine rings is 2. The molecule has 3 aromatic rings. The molecular formula is C27H28N4O4S. The number of benzene rings is 1. The number of aromatic nitrogens is 2. The van der Waals surface area contributed by atoms with Crippen LogP contribution < -0.4 is 14.4 Å². The molecule has 4 rings (SSSR count). The van der Waals surface area contributed by atoms with Crippen LogP contribution in [0.1, 0.15) is 48.7 Å². The number of sulfonamides is 1. The predicted octanol–water partition coefficient (Wildman–Crippen LogP) is 3.78. The molecule has 1 amide bonds. The normalized spacial score (nSPS) is 16.8. The summed E-state index contributed by atoms with van der Waals surface area (Å²) in [6.07, 6.45) is 7.92. The zero-order valence-electron chi connectivity index (χ0n) is 20.4. The number of nitrogens with zero attached hydrogens (tertiary/aromatic N) is 3. The van der Waals surface area contributed by atoms with Gasteiger partial charge in [-0.25, -0.2) is 9.71 Å². The summed E-state index contributed by atoms with van der Waals surface area (Å²) in [5.41, 5.74) is 1.56. The van der Waals surface area contributed by atoms with Crippen molar-refractivity contribution in [1.82, 2.24) is 14.7 Å². The zero-order chi connectivity index (χ0) is 25.9. The minimum absolute atomic E-state index is 0.112. The van der Waals surface area contributed by atoms with Crippen LogP contribution in [0.2, 0.25) is 0 Å². The third-order valence-corrected chi connectivity index (χ3v) is 7.91. The summed E-state index contributed by atoms with van der Waals surface area (Å²) in [6, 6.07) is 14.8. The molecule has 1 saturated heterocycles. The summed E-state index contributed by atoms with van der Waals surface area (Å²) < 4.78 is 33.8. The minimum Gasteiger partial charge on any atom is -0.473 e. The van der Waals surface area contributed by atoms with Crippen LogP contribution in [0.4, 0.5) is 5.82 Å². The van der Waals surface area contributed by atoms with Gasteiger partial charge in [0.25, 0.3) is 15.9 Å². The average Bonchev–Trinajstić information content (AvgIpc) is 3.14. The molecule has 9 heteroatoms. The van der Waals surface area contributed by atoms with Gasteiger partial charge in [0.2, 0.25) is 5.88 Å². The van der Waals surface area contributed by atoms with E-state index in [0.717, 1.165) is 24.1 Å². The van der Waals surface area contributed by atoms with E-state index in [1.54, 1.807) is 36.5 Å². The first-order valence-corrected chi connectivity index (χ1v) is 13.1. The molecule has 1 fully saturated rings. The summed E-state index contributed by atoms with van der Waals surface area (Å²) in [5.74, 6) is 2.74. The first-order valence-electron chi connectivity index (χ1n) is 11.6. The Morgan fingerprint density at radius 2 is 1.94 bits per heavy atom. The molecule has 8 nitrogen and oxygen atoms in total. The number of amides is 1. The van der Waals surface area contributed by atoms with Crippen LogP contribution in [0.25, 0.3) is 0 Å². The van der Waals surface area contributed by atoms with E-state index in [1.807, 2.05) is 12.1 Å². The number of carbonyl (C=O) groups is 1. The molecule has 0 saturated carbocycles. The fourth-order valence-corrected chi connectivity index (χ4v) is 5.03. The fraction of sp³-hybridized carbons (Fsp3) is 0.296. The monoisotopic (exact) mass is 504 g/mol. The van der Waals surface area contributed by atoms with Crippen LogP contribution >= 0.6 is 0 Å². The second-order valence-electron chi connectivity index (χ2n) is 9.25. The molecule has 1 aliphatic heterocycles. The third kappa shape index (κ3) is 5.19. The lowest BCUT2D eigenvalue weighted by Crippen LogP contribution is -2.43. The largest absolute Gasteiger partial charge is 0.473 e. The molecular weight excluding hydrogens is 476 g/mol. The van der Waals surface area contributed by atoms with E-state index in [4.69, 9.17) is 11.2 Å². The molecule has 1 aliphatic rings. The van der Waals surface area contributed by atoms with E-state index in [2.05, 4.69) is 46.3 Å². The van der Waals surface area contributed by atoms with Gasteiger partial charge in [0.15, 0.2) is 5.03 Å². The standard InChI is InChI=1S/C27H28N4O4S/c1-5-20-11-13-21(14-12-20)18-35-23-9-6-10-24(29-23)36(33,34)30-26(32)22-8-7-16-28-25(22)31-17-15-19(2)27(31,3)4/h1,6-14,16,19H,15,17-18H2,2-4H3,(H,30,32). The first-order chi connectivity index (χ1) is 17.1. The Kier molecular flexibility index (Phi) is 7.00. The zero-order valence-corrected chi connectivity index (χ0v) is 21.2. The smallest absolute Gasteiger partial charge is 0.281 e. The van der Waals surface area contributed by atoms with Crippen molar-refractivity contribution in [3.8, 4) is 18.2 Å². The van der Waals surface area contributed by atoms with Gasteiger partial charge in [0.1, 0.15) is 12.4 Å². The van der Waals surface area contributed by atoms with Crippen LogP contribution in [0.15, 0.2) is 65.8 Å². The Hall–Kier alpha value is -3.90. The van der Waals surface area contributed by atoms with Crippen LogP contribution in [0.3, 0.4) is 0 Å². The van der Waals surface area contributed by atoms with Gasteiger partial charge in [-0.3, -0.25) is 4.79 Å². The molecule has 1 N–H and O–H groups in total. The maximum atomic E-state index is 13.1. The van der Waals surface area contributed by atoms with Gasteiger partial charge in [0.05, 0.1) is 5.56 Å². The Bertz CT molecular complexity index is 1410. The summed E-state index contributed by atoms with van der Waals surface area (Å²) in [6.45, 7) is 7.25. The van der Waals surface area contributed by atoms with Gasteiger partial charge in [-0.1, -0.05) is 31.0 Å². The summed E-state index contributed by atoms with van der Waals surface area (Å²) in [7, 11) is -4.26. The van der Waals surface area contributed by atoms with E-state index in [1.165, 1.54) is 12.1 Å². The third-order valence-electron chi connectivity index (χ3n) is 6.68. The SMILES string of the molecule is C#Cc1ccc(COc2cccc(S(=O)(=O)NC(=O)c3cccnc3N3CCC(C)C3(C)C)n2)cc1. The van der Waals surface area contributed by atoms with Crippen LogP contribution in [0.5, 0.6) is 5.88 Å². The average molecular weight is 505 g/mol. The Balaban J connectivity index is 1.51. The van der Waals surface area contributed by atoms with Crippen molar-refractivity contribution in [3.63, 3.8) is 0 Å². The van der Waals surface area contributed by atoms with Gasteiger partial charge < -0.3 is 9.64 Å². The number of nitrogens with one attached hydrogen (secondary N) is 1. The minimum atomic E-state index is -4.26. The molecule has 1 atom stereocenters. The number of rotatable bonds is 7. The van der Waals surface area contributed by atoms with Crippen molar-refractivity contribution < 1.29 is 17.9 Å². The summed E-state index contributed by atoms with van der Waals surface area (Å²) in [4.78, 5) is 23.7. The molecule has 0 spiro atoms. The maximum Gasteiger partial charge on any atom is 0.281 e. The number of ether oxygens (including phenoxy) is 1. The molecule has 3 heterocycles. The highest BCUT2D eigenvalue weighted by atomic mass is 32.2. The van der Waals surface area contributed by atoms with Gasteiger partial charge in [0, 0.05) is 29.9 Å². The second-order valence-corrected chi connectivity index (χ2v) is 10.9. The van der Waals surface area contributed by atoms with Crippen LogP contribution in [-0.2, 0) is 16.6 Å². The highest BCUT2D eigenvalue weighted by Gasteiger charge is 2.40. The lowest BCUT2D eigenvalue weighted by atomic mass is 9.90. The number of carbonyl (C=O) groups excluding carboxylic acids is 1. The molecule has 1 aromatic carbocycles. The van der Waals surface area contributed by atoms with Crippen molar-refractivity contribution in [2.24, 2.45) is 5.92 Å². The summed E-state index contributed by atoms with van der Waals surface area (Å²) >= 11 is 0. The van der Waals surface area contributed by atoms with E-state index in [0.29, 0.717) is 11.7 Å². The first kappa shape index (κ1) is 25.2. The number of hydrogen-bond acceptors (Lipinski definition) is 7. The van der Waals surface area contributed by atoms with Gasteiger partial charge in [-0.15, -0.1) is 6.42 Å². The fourth-order valence-electron chi connectivity index (χ4n) is 4.11. The van der Waals surface area contributed by atoms with Crippen LogP contribution in [0, 0.1) is 18.3 Å². The molecule has 2 aromatic heterocycles. The topological polar surface area (TPSA) is 101 Å². The molecule has 36 heavy (non-hydrogen) atoms. The molecule has 186 valence electrons. The quantitative estimate of drug-likeness (QED) is 0.489. The van der Waals surface area contributed by atoms with Crippen molar-refractivity contribution >= 4 is 21.7 Å². The van der Waals surface area contributed by atoms with Gasteiger partial charge >= 0.3 is 0 Å². The van der Waals surface area contributed by atoms with Crippen molar-refractivity contribution in [2.45, 2.75) is 44.4 Å².